The Hall–Kier alpha value is -3.05. The van der Waals surface area contributed by atoms with Gasteiger partial charge in [0.1, 0.15) is 5.75 Å². The van der Waals surface area contributed by atoms with Gasteiger partial charge in [-0.2, -0.15) is 0 Å². The highest BCUT2D eigenvalue weighted by atomic mass is 32.2. The normalized spacial score (nSPS) is 10.9. The van der Waals surface area contributed by atoms with E-state index >= 15 is 0 Å². The van der Waals surface area contributed by atoms with E-state index in [1.807, 2.05) is 60.7 Å². The Bertz CT molecular complexity index is 1130. The van der Waals surface area contributed by atoms with Crippen LogP contribution in [-0.4, -0.2) is 16.7 Å². The van der Waals surface area contributed by atoms with Crippen LogP contribution >= 0.6 is 11.8 Å². The van der Waals surface area contributed by atoms with Gasteiger partial charge in [0, 0.05) is 5.75 Å². The Morgan fingerprint density at radius 2 is 1.67 bits per heavy atom. The van der Waals surface area contributed by atoms with Crippen molar-refractivity contribution in [3.8, 4) is 11.4 Å². The molecule has 27 heavy (non-hydrogen) atoms. The zero-order valence-electron chi connectivity index (χ0n) is 14.8. The largest absolute Gasteiger partial charge is 0.497 e. The molecule has 0 saturated carbocycles. The highest BCUT2D eigenvalue weighted by Gasteiger charge is 2.14. The van der Waals surface area contributed by atoms with Crippen LogP contribution in [0.1, 0.15) is 5.56 Å². The topological polar surface area (TPSA) is 44.1 Å². The molecule has 4 nitrogen and oxygen atoms in total. The summed E-state index contributed by atoms with van der Waals surface area (Å²) in [7, 11) is 1.59. The molecule has 4 aromatic rings. The van der Waals surface area contributed by atoms with E-state index in [1.165, 1.54) is 5.56 Å². The molecule has 0 atom stereocenters. The van der Waals surface area contributed by atoms with E-state index in [1.54, 1.807) is 29.5 Å². The second-order valence-electron chi connectivity index (χ2n) is 6.03. The lowest BCUT2D eigenvalue weighted by molar-refractivity contribution is 0.415. The number of rotatable bonds is 5. The van der Waals surface area contributed by atoms with E-state index in [2.05, 4.69) is 12.1 Å². The van der Waals surface area contributed by atoms with Gasteiger partial charge in [-0.05, 0) is 35.9 Å². The van der Waals surface area contributed by atoms with Crippen LogP contribution in [0.3, 0.4) is 0 Å². The summed E-state index contributed by atoms with van der Waals surface area (Å²) < 4.78 is 6.95. The molecule has 0 amide bonds. The van der Waals surface area contributed by atoms with E-state index in [9.17, 15) is 4.79 Å². The summed E-state index contributed by atoms with van der Waals surface area (Å²) >= 11 is 1.55. The maximum atomic E-state index is 13.3. The Morgan fingerprint density at radius 1 is 0.963 bits per heavy atom. The number of thioether (sulfide) groups is 1. The Morgan fingerprint density at radius 3 is 2.37 bits per heavy atom. The van der Waals surface area contributed by atoms with Crippen molar-refractivity contribution < 1.29 is 4.74 Å². The maximum Gasteiger partial charge on any atom is 0.266 e. The van der Waals surface area contributed by atoms with Crippen molar-refractivity contribution in [2.75, 3.05) is 7.11 Å². The van der Waals surface area contributed by atoms with E-state index in [0.717, 1.165) is 11.4 Å². The van der Waals surface area contributed by atoms with Crippen molar-refractivity contribution in [1.82, 2.24) is 9.55 Å². The summed E-state index contributed by atoms with van der Waals surface area (Å²) in [4.78, 5) is 18.1. The number of ether oxygens (including phenoxy) is 1. The van der Waals surface area contributed by atoms with Crippen molar-refractivity contribution in [1.29, 1.82) is 0 Å². The monoisotopic (exact) mass is 374 g/mol. The fourth-order valence-electron chi connectivity index (χ4n) is 2.89. The molecule has 0 bridgehead atoms. The molecule has 134 valence electrons. The number of para-hydroxylation sites is 1. The summed E-state index contributed by atoms with van der Waals surface area (Å²) in [6, 6.07) is 25.2. The molecule has 0 spiro atoms. The number of aromatic nitrogens is 2. The van der Waals surface area contributed by atoms with Crippen molar-refractivity contribution in [2.24, 2.45) is 0 Å². The van der Waals surface area contributed by atoms with Crippen LogP contribution in [0.2, 0.25) is 0 Å². The van der Waals surface area contributed by atoms with E-state index in [-0.39, 0.29) is 5.56 Å². The zero-order valence-corrected chi connectivity index (χ0v) is 15.6. The van der Waals surface area contributed by atoms with Crippen LogP contribution < -0.4 is 10.3 Å². The third-order valence-corrected chi connectivity index (χ3v) is 5.28. The molecule has 0 aliphatic carbocycles. The first-order chi connectivity index (χ1) is 13.3. The highest BCUT2D eigenvalue weighted by molar-refractivity contribution is 7.98. The predicted molar refractivity (Wildman–Crippen MR) is 110 cm³/mol. The van der Waals surface area contributed by atoms with Gasteiger partial charge in [-0.25, -0.2) is 4.98 Å². The molecule has 0 unspecified atom stereocenters. The van der Waals surface area contributed by atoms with Crippen LogP contribution in [0.15, 0.2) is 88.8 Å². The summed E-state index contributed by atoms with van der Waals surface area (Å²) in [5, 5.41) is 1.22. The van der Waals surface area contributed by atoms with Gasteiger partial charge in [0.2, 0.25) is 0 Å². The van der Waals surface area contributed by atoms with Gasteiger partial charge in [-0.1, -0.05) is 60.3 Å². The number of methoxy groups -OCH3 is 1. The first-order valence-electron chi connectivity index (χ1n) is 8.59. The third-order valence-electron chi connectivity index (χ3n) is 4.27. The second-order valence-corrected chi connectivity index (χ2v) is 6.97. The minimum absolute atomic E-state index is 0.0966. The van der Waals surface area contributed by atoms with Gasteiger partial charge < -0.3 is 4.74 Å². The van der Waals surface area contributed by atoms with Gasteiger partial charge in [-0.15, -0.1) is 0 Å². The fourth-order valence-corrected chi connectivity index (χ4v) is 3.86. The van der Waals surface area contributed by atoms with Crippen LogP contribution in [0.25, 0.3) is 16.6 Å². The Kier molecular flexibility index (Phi) is 4.94. The second kappa shape index (κ2) is 7.68. The molecular weight excluding hydrogens is 356 g/mol. The van der Waals surface area contributed by atoms with Gasteiger partial charge >= 0.3 is 0 Å². The minimum Gasteiger partial charge on any atom is -0.497 e. The molecule has 0 radical (unpaired) electrons. The average Bonchev–Trinajstić information content (AvgIpc) is 2.73. The van der Waals surface area contributed by atoms with Crippen LogP contribution in [0.4, 0.5) is 0 Å². The van der Waals surface area contributed by atoms with Crippen molar-refractivity contribution >= 4 is 22.7 Å². The van der Waals surface area contributed by atoms with Crippen LogP contribution in [0, 0.1) is 0 Å². The third kappa shape index (κ3) is 3.59. The molecule has 0 saturated heterocycles. The molecular formula is C22H18N2O2S. The summed E-state index contributed by atoms with van der Waals surface area (Å²) in [6.45, 7) is 0. The summed E-state index contributed by atoms with van der Waals surface area (Å²) in [5.41, 5.74) is 2.56. The van der Waals surface area contributed by atoms with Crippen LogP contribution in [0.5, 0.6) is 5.75 Å². The molecule has 0 N–H and O–H groups in total. The molecule has 0 aliphatic heterocycles. The van der Waals surface area contributed by atoms with Gasteiger partial charge in [-0.3, -0.25) is 9.36 Å². The van der Waals surface area contributed by atoms with E-state index in [0.29, 0.717) is 21.8 Å². The van der Waals surface area contributed by atoms with E-state index < -0.39 is 0 Å². The van der Waals surface area contributed by atoms with Gasteiger partial charge in [0.05, 0.1) is 23.7 Å². The number of hydrogen-bond donors (Lipinski definition) is 0. The van der Waals surface area contributed by atoms with Gasteiger partial charge in [0.25, 0.3) is 5.56 Å². The first kappa shape index (κ1) is 17.4. The molecule has 1 aromatic heterocycles. The quantitative estimate of drug-likeness (QED) is 0.376. The lowest BCUT2D eigenvalue weighted by Crippen LogP contribution is -2.21. The SMILES string of the molecule is COc1ccc2nc(SCc3ccccc3)n(-c3ccccc3)c(=O)c2c1. The summed E-state index contributed by atoms with van der Waals surface area (Å²) in [5.74, 6) is 1.38. The standard InChI is InChI=1S/C22H18N2O2S/c1-26-18-12-13-20-19(14-18)21(25)24(17-10-6-3-7-11-17)22(23-20)27-15-16-8-4-2-5-9-16/h2-14H,15H2,1H3. The van der Waals surface area contributed by atoms with Crippen molar-refractivity contribution in [3.63, 3.8) is 0 Å². The van der Waals surface area contributed by atoms with E-state index in [4.69, 9.17) is 9.72 Å². The fraction of sp³-hybridized carbons (Fsp3) is 0.0909. The molecule has 0 aliphatic rings. The molecule has 1 heterocycles. The molecule has 0 fully saturated rings. The predicted octanol–water partition coefficient (Wildman–Crippen LogP) is 4.69. The number of nitrogens with zero attached hydrogens (tertiary/aromatic N) is 2. The average molecular weight is 374 g/mol. The number of benzene rings is 3. The molecule has 5 heteroatoms. The summed E-state index contributed by atoms with van der Waals surface area (Å²) in [6.07, 6.45) is 0. The lowest BCUT2D eigenvalue weighted by atomic mass is 10.2. The Labute approximate surface area is 161 Å². The van der Waals surface area contributed by atoms with Gasteiger partial charge in [0.15, 0.2) is 5.16 Å². The van der Waals surface area contributed by atoms with Crippen molar-refractivity contribution in [3.05, 3.63) is 94.8 Å². The smallest absolute Gasteiger partial charge is 0.266 e. The lowest BCUT2D eigenvalue weighted by Gasteiger charge is -2.13. The van der Waals surface area contributed by atoms with Crippen LogP contribution in [-0.2, 0) is 5.75 Å². The Balaban J connectivity index is 1.86. The zero-order chi connectivity index (χ0) is 18.6. The van der Waals surface area contributed by atoms with Crippen molar-refractivity contribution in [2.45, 2.75) is 10.9 Å². The number of fused-ring (bicyclic) bond motifs is 1. The maximum absolute atomic E-state index is 13.3. The number of hydrogen-bond acceptors (Lipinski definition) is 4. The minimum atomic E-state index is -0.0966. The molecule has 3 aromatic carbocycles. The molecule has 4 rings (SSSR count). The highest BCUT2D eigenvalue weighted by Crippen LogP contribution is 2.25. The first-order valence-corrected chi connectivity index (χ1v) is 9.58.